The Bertz CT molecular complexity index is 710. The van der Waals surface area contributed by atoms with Crippen molar-refractivity contribution < 1.29 is 12.9 Å². The highest BCUT2D eigenvalue weighted by molar-refractivity contribution is 7.91. The van der Waals surface area contributed by atoms with Crippen molar-refractivity contribution in [2.45, 2.75) is 31.2 Å². The monoisotopic (exact) mass is 309 g/mol. The van der Waals surface area contributed by atoms with E-state index >= 15 is 0 Å². The van der Waals surface area contributed by atoms with Crippen LogP contribution in [0, 0.1) is 0 Å². The molecule has 0 aliphatic rings. The van der Waals surface area contributed by atoms with Gasteiger partial charge in [0.2, 0.25) is 0 Å². The lowest BCUT2D eigenvalue weighted by molar-refractivity contribution is 0.417. The molecular formula is C14H19N3O3S. The average molecular weight is 309 g/mol. The zero-order valence-corrected chi connectivity index (χ0v) is 13.1. The number of hydrogen-bond donors (Lipinski definition) is 1. The highest BCUT2D eigenvalue weighted by atomic mass is 32.2. The molecule has 0 spiro atoms. The molecule has 1 aromatic carbocycles. The highest BCUT2D eigenvalue weighted by Gasteiger charge is 2.21. The topological polar surface area (TPSA) is 85.1 Å². The first-order chi connectivity index (χ1) is 9.97. The fourth-order valence-electron chi connectivity index (χ4n) is 1.89. The molecule has 21 heavy (non-hydrogen) atoms. The van der Waals surface area contributed by atoms with Crippen molar-refractivity contribution in [3.63, 3.8) is 0 Å². The van der Waals surface area contributed by atoms with Crippen LogP contribution >= 0.6 is 0 Å². The highest BCUT2D eigenvalue weighted by Crippen LogP contribution is 2.26. The van der Waals surface area contributed by atoms with Gasteiger partial charge in [0.25, 0.3) is 5.89 Å². The van der Waals surface area contributed by atoms with Crippen LogP contribution in [-0.4, -0.2) is 37.4 Å². The number of rotatable bonds is 6. The Kier molecular flexibility index (Phi) is 4.74. The van der Waals surface area contributed by atoms with Gasteiger partial charge in [-0.2, -0.15) is 4.98 Å². The summed E-state index contributed by atoms with van der Waals surface area (Å²) in [6.45, 7) is 3.62. The molecule has 1 atom stereocenters. The van der Waals surface area contributed by atoms with Crippen molar-refractivity contribution in [3.8, 4) is 11.5 Å². The third-order valence-electron chi connectivity index (χ3n) is 3.28. The molecule has 7 heteroatoms. The Balaban J connectivity index is 2.40. The first-order valence-electron chi connectivity index (χ1n) is 6.80. The Hall–Kier alpha value is -1.73. The quantitative estimate of drug-likeness (QED) is 0.874. The van der Waals surface area contributed by atoms with Crippen LogP contribution < -0.4 is 5.32 Å². The third-order valence-corrected chi connectivity index (χ3v) is 5.07. The van der Waals surface area contributed by atoms with E-state index in [4.69, 9.17) is 4.52 Å². The molecule has 2 aromatic rings. The summed E-state index contributed by atoms with van der Waals surface area (Å²) >= 11 is 0. The smallest absolute Gasteiger partial charge is 0.259 e. The Morgan fingerprint density at radius 1 is 1.33 bits per heavy atom. The molecule has 114 valence electrons. The van der Waals surface area contributed by atoms with Crippen LogP contribution in [0.2, 0.25) is 0 Å². The molecule has 0 aliphatic heterocycles. The average Bonchev–Trinajstić information content (AvgIpc) is 2.95. The van der Waals surface area contributed by atoms with Gasteiger partial charge in [0, 0.05) is 12.5 Å². The van der Waals surface area contributed by atoms with Crippen molar-refractivity contribution in [1.29, 1.82) is 0 Å². The number of nitrogens with one attached hydrogen (secondary N) is 1. The fourth-order valence-corrected chi connectivity index (χ4v) is 2.98. The van der Waals surface area contributed by atoms with Gasteiger partial charge in [-0.15, -0.1) is 0 Å². The van der Waals surface area contributed by atoms with Gasteiger partial charge >= 0.3 is 0 Å². The molecule has 1 N–H and O–H groups in total. The van der Waals surface area contributed by atoms with Crippen LogP contribution in [0.4, 0.5) is 0 Å². The molecule has 6 nitrogen and oxygen atoms in total. The largest absolute Gasteiger partial charge is 0.334 e. The first kappa shape index (κ1) is 15.7. The van der Waals surface area contributed by atoms with E-state index in [2.05, 4.69) is 15.5 Å². The minimum Gasteiger partial charge on any atom is -0.334 e. The summed E-state index contributed by atoms with van der Waals surface area (Å²) in [4.78, 5) is 4.52. The summed E-state index contributed by atoms with van der Waals surface area (Å²) in [6, 6.07) is 6.90. The van der Waals surface area contributed by atoms with Crippen LogP contribution in [0.3, 0.4) is 0 Å². The summed E-state index contributed by atoms with van der Waals surface area (Å²) in [5.41, 5.74) is 0.454. The zero-order valence-electron chi connectivity index (χ0n) is 12.3. The molecule has 0 fully saturated rings. The van der Waals surface area contributed by atoms with E-state index < -0.39 is 9.84 Å². The molecule has 0 saturated heterocycles. The molecular weight excluding hydrogens is 290 g/mol. The molecule has 1 aromatic heterocycles. The zero-order chi connectivity index (χ0) is 15.5. The van der Waals surface area contributed by atoms with E-state index in [1.165, 1.54) is 0 Å². The number of sulfone groups is 1. The fraction of sp³-hybridized carbons (Fsp3) is 0.429. The molecule has 1 unspecified atom stereocenters. The standard InChI is InChI=1S/C14H19N3O3S/c1-4-21(18,19)12-8-6-5-7-11(12)14-16-13(17-20-14)9-10(2)15-3/h5-8,10,15H,4,9H2,1-3H3. The van der Waals surface area contributed by atoms with Gasteiger partial charge in [0.05, 0.1) is 16.2 Å². The first-order valence-corrected chi connectivity index (χ1v) is 8.45. The summed E-state index contributed by atoms with van der Waals surface area (Å²) in [5, 5.41) is 7.00. The van der Waals surface area contributed by atoms with E-state index in [0.717, 1.165) is 0 Å². The molecule has 0 saturated carbocycles. The summed E-state index contributed by atoms with van der Waals surface area (Å²) < 4.78 is 29.5. The van der Waals surface area contributed by atoms with E-state index in [1.807, 2.05) is 14.0 Å². The number of benzene rings is 1. The van der Waals surface area contributed by atoms with Crippen LogP contribution in [0.25, 0.3) is 11.5 Å². The van der Waals surface area contributed by atoms with Gasteiger partial charge in [0.15, 0.2) is 15.7 Å². The lowest BCUT2D eigenvalue weighted by Crippen LogP contribution is -2.24. The van der Waals surface area contributed by atoms with E-state index in [9.17, 15) is 8.42 Å². The molecule has 0 radical (unpaired) electrons. The lowest BCUT2D eigenvalue weighted by Gasteiger charge is -2.06. The van der Waals surface area contributed by atoms with Crippen LogP contribution in [-0.2, 0) is 16.3 Å². The molecule has 2 rings (SSSR count). The predicted octanol–water partition coefficient (Wildman–Crippen LogP) is 1.68. The second-order valence-corrected chi connectivity index (χ2v) is 7.06. The van der Waals surface area contributed by atoms with Gasteiger partial charge in [-0.3, -0.25) is 0 Å². The van der Waals surface area contributed by atoms with Gasteiger partial charge in [-0.1, -0.05) is 24.2 Å². The van der Waals surface area contributed by atoms with Crippen LogP contribution in [0.5, 0.6) is 0 Å². The maximum absolute atomic E-state index is 12.1. The van der Waals surface area contributed by atoms with E-state index in [-0.39, 0.29) is 22.6 Å². The minimum atomic E-state index is -3.34. The van der Waals surface area contributed by atoms with E-state index in [1.54, 1.807) is 31.2 Å². The van der Waals surface area contributed by atoms with Gasteiger partial charge in [0.1, 0.15) is 0 Å². The predicted molar refractivity (Wildman–Crippen MR) is 79.7 cm³/mol. The van der Waals surface area contributed by atoms with Crippen molar-refractivity contribution >= 4 is 9.84 Å². The van der Waals surface area contributed by atoms with Crippen LogP contribution in [0.15, 0.2) is 33.7 Å². The lowest BCUT2D eigenvalue weighted by atomic mass is 10.2. The second kappa shape index (κ2) is 6.36. The minimum absolute atomic E-state index is 0.0296. The third kappa shape index (κ3) is 3.48. The number of likely N-dealkylation sites (N-methyl/N-ethyl adjacent to an activating group) is 1. The van der Waals surface area contributed by atoms with Gasteiger partial charge in [-0.25, -0.2) is 8.42 Å². The number of aromatic nitrogens is 2. The summed E-state index contributed by atoms with van der Waals surface area (Å²) in [6.07, 6.45) is 0.614. The SMILES string of the molecule is CCS(=O)(=O)c1ccccc1-c1nc(CC(C)NC)no1. The molecule has 0 bridgehead atoms. The summed E-state index contributed by atoms with van der Waals surface area (Å²) in [5.74, 6) is 0.818. The Labute approximate surface area is 124 Å². The Morgan fingerprint density at radius 3 is 2.71 bits per heavy atom. The van der Waals surface area contributed by atoms with Crippen molar-refractivity contribution in [2.24, 2.45) is 0 Å². The van der Waals surface area contributed by atoms with Gasteiger partial charge < -0.3 is 9.84 Å². The maximum Gasteiger partial charge on any atom is 0.259 e. The Morgan fingerprint density at radius 2 is 2.05 bits per heavy atom. The number of hydrogen-bond acceptors (Lipinski definition) is 6. The second-order valence-electron chi connectivity index (χ2n) is 4.81. The molecule has 1 heterocycles. The van der Waals surface area contributed by atoms with Gasteiger partial charge in [-0.05, 0) is 26.1 Å². The van der Waals surface area contributed by atoms with Crippen molar-refractivity contribution in [3.05, 3.63) is 30.1 Å². The van der Waals surface area contributed by atoms with E-state index in [0.29, 0.717) is 17.8 Å². The summed E-state index contributed by atoms with van der Waals surface area (Å²) in [7, 11) is -1.48. The van der Waals surface area contributed by atoms with Crippen LogP contribution in [0.1, 0.15) is 19.7 Å². The molecule has 0 amide bonds. The molecule has 0 aliphatic carbocycles. The van der Waals surface area contributed by atoms with Crippen molar-refractivity contribution in [2.75, 3.05) is 12.8 Å². The normalized spacial score (nSPS) is 13.3. The number of nitrogens with zero attached hydrogens (tertiary/aromatic N) is 2. The maximum atomic E-state index is 12.1. The van der Waals surface area contributed by atoms with Crippen molar-refractivity contribution in [1.82, 2.24) is 15.5 Å².